The zero-order valence-electron chi connectivity index (χ0n) is 16.6. The van der Waals surface area contributed by atoms with Gasteiger partial charge in [0.2, 0.25) is 5.91 Å². The molecule has 8 heteroatoms. The minimum atomic E-state index is -0.259. The van der Waals surface area contributed by atoms with Crippen LogP contribution in [0.4, 0.5) is 11.4 Å². The monoisotopic (exact) mass is 395 g/mol. The van der Waals surface area contributed by atoms with Gasteiger partial charge in [0.1, 0.15) is 5.75 Å². The maximum Gasteiger partial charge on any atom is 0.323 e. The summed E-state index contributed by atoms with van der Waals surface area (Å²) in [6.45, 7) is 5.22. The van der Waals surface area contributed by atoms with E-state index < -0.39 is 0 Å². The summed E-state index contributed by atoms with van der Waals surface area (Å²) in [5, 5.41) is 2.95. The van der Waals surface area contributed by atoms with Crippen molar-refractivity contribution < 1.29 is 9.53 Å². The van der Waals surface area contributed by atoms with Gasteiger partial charge in [0.15, 0.2) is 0 Å². The van der Waals surface area contributed by atoms with Crippen LogP contribution in [0.5, 0.6) is 5.75 Å². The summed E-state index contributed by atoms with van der Waals surface area (Å²) in [4.78, 5) is 34.0. The molecule has 0 aliphatic carbocycles. The van der Waals surface area contributed by atoms with Crippen LogP contribution in [0.1, 0.15) is 6.92 Å². The van der Waals surface area contributed by atoms with Crippen LogP contribution >= 0.6 is 0 Å². The Balaban J connectivity index is 1.36. The minimum Gasteiger partial charge on any atom is -0.497 e. The lowest BCUT2D eigenvalue weighted by molar-refractivity contribution is -0.120. The van der Waals surface area contributed by atoms with Gasteiger partial charge in [-0.25, -0.2) is 4.79 Å². The minimum absolute atomic E-state index is 0.0583. The molecule has 1 aromatic heterocycles. The predicted molar refractivity (Wildman–Crippen MR) is 114 cm³/mol. The van der Waals surface area contributed by atoms with Gasteiger partial charge in [-0.1, -0.05) is 6.07 Å². The molecule has 0 spiro atoms. The second kappa shape index (κ2) is 8.00. The van der Waals surface area contributed by atoms with Gasteiger partial charge in [0.05, 0.1) is 24.2 Å². The van der Waals surface area contributed by atoms with E-state index in [-0.39, 0.29) is 17.6 Å². The van der Waals surface area contributed by atoms with Crippen LogP contribution in [0, 0.1) is 0 Å². The SMILES string of the molecule is COc1cccc(N2CCN(C(C)C(=O)Nc3ccc4[nH]c(=O)[nH]c4c3)CC2)c1. The number of aromatic amines is 2. The number of H-pyrrole nitrogens is 2. The highest BCUT2D eigenvalue weighted by Gasteiger charge is 2.26. The first kappa shape index (κ1) is 19.1. The molecule has 2 aromatic carbocycles. The Kier molecular flexibility index (Phi) is 5.26. The number of nitrogens with zero attached hydrogens (tertiary/aromatic N) is 2. The first-order chi connectivity index (χ1) is 14.0. The highest BCUT2D eigenvalue weighted by atomic mass is 16.5. The number of piperazine rings is 1. The Morgan fingerprint density at radius 2 is 1.83 bits per heavy atom. The molecule has 1 amide bonds. The number of imidazole rings is 1. The van der Waals surface area contributed by atoms with Gasteiger partial charge >= 0.3 is 5.69 Å². The average molecular weight is 395 g/mol. The fraction of sp³-hybridized carbons (Fsp3) is 0.333. The Bertz CT molecular complexity index is 1070. The molecule has 1 aliphatic heterocycles. The van der Waals surface area contributed by atoms with Gasteiger partial charge in [0.25, 0.3) is 0 Å². The third-order valence-electron chi connectivity index (χ3n) is 5.44. The molecule has 29 heavy (non-hydrogen) atoms. The van der Waals surface area contributed by atoms with Crippen molar-refractivity contribution in [2.45, 2.75) is 13.0 Å². The number of carbonyl (C=O) groups is 1. The maximum absolute atomic E-state index is 12.7. The lowest BCUT2D eigenvalue weighted by atomic mass is 10.2. The highest BCUT2D eigenvalue weighted by molar-refractivity contribution is 5.96. The van der Waals surface area contributed by atoms with E-state index in [4.69, 9.17) is 4.74 Å². The molecule has 1 atom stereocenters. The molecular formula is C21H25N5O3. The van der Waals surface area contributed by atoms with Crippen molar-refractivity contribution in [2.75, 3.05) is 43.5 Å². The zero-order valence-corrected chi connectivity index (χ0v) is 16.6. The maximum atomic E-state index is 12.7. The van der Waals surface area contributed by atoms with E-state index in [1.54, 1.807) is 25.3 Å². The summed E-state index contributed by atoms with van der Waals surface area (Å²) in [6, 6.07) is 13.1. The Labute approximate surface area is 168 Å². The van der Waals surface area contributed by atoms with E-state index in [0.717, 1.165) is 43.1 Å². The van der Waals surface area contributed by atoms with Crippen molar-refractivity contribution in [3.8, 4) is 5.75 Å². The summed E-state index contributed by atoms with van der Waals surface area (Å²) in [7, 11) is 1.67. The standard InChI is InChI=1S/C21H25N5O3/c1-14(20(27)22-15-6-7-18-19(12-15)24-21(28)23-18)25-8-10-26(11-9-25)16-4-3-5-17(13-16)29-2/h3-7,12-14H,8-11H2,1-2H3,(H,22,27)(H2,23,24,28). The molecular weight excluding hydrogens is 370 g/mol. The smallest absolute Gasteiger partial charge is 0.323 e. The summed E-state index contributed by atoms with van der Waals surface area (Å²) >= 11 is 0. The molecule has 1 unspecified atom stereocenters. The number of carbonyl (C=O) groups excluding carboxylic acids is 1. The molecule has 1 fully saturated rings. The Morgan fingerprint density at radius 1 is 1.07 bits per heavy atom. The number of ether oxygens (including phenoxy) is 1. The van der Waals surface area contributed by atoms with E-state index in [1.165, 1.54) is 0 Å². The molecule has 0 bridgehead atoms. The third kappa shape index (κ3) is 4.12. The van der Waals surface area contributed by atoms with Crippen molar-refractivity contribution in [3.63, 3.8) is 0 Å². The lowest BCUT2D eigenvalue weighted by Gasteiger charge is -2.38. The number of benzene rings is 2. The van der Waals surface area contributed by atoms with Gasteiger partial charge in [0, 0.05) is 43.6 Å². The number of rotatable bonds is 5. The molecule has 8 nitrogen and oxygen atoms in total. The average Bonchev–Trinajstić information content (AvgIpc) is 3.12. The molecule has 3 N–H and O–H groups in total. The largest absolute Gasteiger partial charge is 0.497 e. The summed E-state index contributed by atoms with van der Waals surface area (Å²) in [5.41, 5.74) is 2.93. The molecule has 1 saturated heterocycles. The fourth-order valence-electron chi connectivity index (χ4n) is 3.70. The first-order valence-corrected chi connectivity index (χ1v) is 9.69. The summed E-state index contributed by atoms with van der Waals surface area (Å²) < 4.78 is 5.31. The number of anilines is 2. The summed E-state index contributed by atoms with van der Waals surface area (Å²) in [6.07, 6.45) is 0. The van der Waals surface area contributed by atoms with Crippen molar-refractivity contribution in [1.82, 2.24) is 14.9 Å². The zero-order chi connectivity index (χ0) is 20.4. The molecule has 0 radical (unpaired) electrons. The van der Waals surface area contributed by atoms with E-state index in [1.807, 2.05) is 25.1 Å². The predicted octanol–water partition coefficient (Wildman–Crippen LogP) is 2.01. The number of aromatic nitrogens is 2. The number of hydrogen-bond acceptors (Lipinski definition) is 5. The topological polar surface area (TPSA) is 93.5 Å². The third-order valence-corrected chi connectivity index (χ3v) is 5.44. The molecule has 0 saturated carbocycles. The molecule has 2 heterocycles. The Morgan fingerprint density at radius 3 is 2.59 bits per heavy atom. The van der Waals surface area contributed by atoms with Gasteiger partial charge in [-0.2, -0.15) is 0 Å². The Hall–Kier alpha value is -3.26. The highest BCUT2D eigenvalue weighted by Crippen LogP contribution is 2.23. The first-order valence-electron chi connectivity index (χ1n) is 9.69. The quantitative estimate of drug-likeness (QED) is 0.615. The van der Waals surface area contributed by atoms with Gasteiger partial charge in [-0.05, 0) is 37.3 Å². The van der Waals surface area contributed by atoms with Gasteiger partial charge in [-0.15, -0.1) is 0 Å². The molecule has 4 rings (SSSR count). The number of hydrogen-bond donors (Lipinski definition) is 3. The number of amides is 1. The van der Waals surface area contributed by atoms with Gasteiger partial charge < -0.3 is 24.9 Å². The van der Waals surface area contributed by atoms with Crippen LogP contribution in [0.2, 0.25) is 0 Å². The van der Waals surface area contributed by atoms with E-state index in [0.29, 0.717) is 11.2 Å². The van der Waals surface area contributed by atoms with Crippen molar-refractivity contribution >= 4 is 28.3 Å². The van der Waals surface area contributed by atoms with E-state index in [2.05, 4.69) is 31.2 Å². The van der Waals surface area contributed by atoms with Crippen molar-refractivity contribution in [3.05, 3.63) is 52.9 Å². The normalized spacial score (nSPS) is 16.0. The van der Waals surface area contributed by atoms with E-state index in [9.17, 15) is 9.59 Å². The van der Waals surface area contributed by atoms with Crippen LogP contribution in [0.15, 0.2) is 47.3 Å². The lowest BCUT2D eigenvalue weighted by Crippen LogP contribution is -2.52. The fourth-order valence-corrected chi connectivity index (χ4v) is 3.70. The number of nitrogens with one attached hydrogen (secondary N) is 3. The van der Waals surface area contributed by atoms with E-state index >= 15 is 0 Å². The number of fused-ring (bicyclic) bond motifs is 1. The van der Waals surface area contributed by atoms with Crippen LogP contribution in [0.25, 0.3) is 11.0 Å². The van der Waals surface area contributed by atoms with Crippen molar-refractivity contribution in [2.24, 2.45) is 0 Å². The second-order valence-electron chi connectivity index (χ2n) is 7.23. The molecule has 3 aromatic rings. The van der Waals surface area contributed by atoms with Crippen LogP contribution < -0.4 is 20.6 Å². The van der Waals surface area contributed by atoms with Crippen molar-refractivity contribution in [1.29, 1.82) is 0 Å². The molecule has 152 valence electrons. The van der Waals surface area contributed by atoms with Crippen LogP contribution in [-0.4, -0.2) is 60.1 Å². The number of methoxy groups -OCH3 is 1. The second-order valence-corrected chi connectivity index (χ2v) is 7.23. The summed E-state index contributed by atoms with van der Waals surface area (Å²) in [5.74, 6) is 0.787. The van der Waals surface area contributed by atoms with Gasteiger partial charge in [-0.3, -0.25) is 9.69 Å². The van der Waals surface area contributed by atoms with Crippen LogP contribution in [0.3, 0.4) is 0 Å². The van der Waals surface area contributed by atoms with Crippen LogP contribution in [-0.2, 0) is 4.79 Å². The molecule has 1 aliphatic rings.